The number of nitrogens with one attached hydrogen (secondary N) is 1. The first-order valence-corrected chi connectivity index (χ1v) is 7.14. The van der Waals surface area contributed by atoms with Crippen molar-refractivity contribution in [2.24, 2.45) is 5.92 Å². The molecule has 0 aliphatic carbocycles. The van der Waals surface area contributed by atoms with Crippen LogP contribution in [0.4, 0.5) is 5.82 Å². The highest BCUT2D eigenvalue weighted by atomic mass is 16.5. The maximum absolute atomic E-state index is 8.87. The number of pyridine rings is 1. The molecular weight excluding hydrogens is 262 g/mol. The van der Waals surface area contributed by atoms with Gasteiger partial charge in [-0.2, -0.15) is 5.26 Å². The molecular formula is C17H17N3O. The van der Waals surface area contributed by atoms with Crippen LogP contribution in [0.1, 0.15) is 23.8 Å². The molecule has 4 heteroatoms. The summed E-state index contributed by atoms with van der Waals surface area (Å²) >= 11 is 0. The lowest BCUT2D eigenvalue weighted by atomic mass is 9.95. The van der Waals surface area contributed by atoms with Gasteiger partial charge >= 0.3 is 0 Å². The third-order valence-electron chi connectivity index (χ3n) is 3.75. The van der Waals surface area contributed by atoms with E-state index in [1.54, 1.807) is 6.07 Å². The van der Waals surface area contributed by atoms with Crippen molar-refractivity contribution in [1.29, 1.82) is 5.26 Å². The van der Waals surface area contributed by atoms with Crippen LogP contribution in [-0.4, -0.2) is 18.1 Å². The van der Waals surface area contributed by atoms with Gasteiger partial charge in [0.25, 0.3) is 0 Å². The molecule has 1 aromatic carbocycles. The Morgan fingerprint density at radius 3 is 2.86 bits per heavy atom. The number of ether oxygens (including phenoxy) is 1. The van der Waals surface area contributed by atoms with Crippen molar-refractivity contribution in [3.63, 3.8) is 0 Å². The molecule has 0 bridgehead atoms. The lowest BCUT2D eigenvalue weighted by molar-refractivity contribution is 0.0933. The van der Waals surface area contributed by atoms with Gasteiger partial charge in [0, 0.05) is 19.1 Å². The summed E-state index contributed by atoms with van der Waals surface area (Å²) in [6, 6.07) is 17.8. The number of anilines is 1. The van der Waals surface area contributed by atoms with Crippen LogP contribution in [0.3, 0.4) is 0 Å². The van der Waals surface area contributed by atoms with Crippen molar-refractivity contribution in [3.8, 4) is 6.07 Å². The minimum absolute atomic E-state index is 0.137. The van der Waals surface area contributed by atoms with Crippen LogP contribution in [-0.2, 0) is 4.74 Å². The normalized spacial score (nSPS) is 20.9. The minimum Gasteiger partial charge on any atom is -0.373 e. The van der Waals surface area contributed by atoms with Gasteiger partial charge in [0.15, 0.2) is 0 Å². The lowest BCUT2D eigenvalue weighted by Crippen LogP contribution is -2.18. The van der Waals surface area contributed by atoms with Crippen molar-refractivity contribution in [1.82, 2.24) is 4.98 Å². The molecule has 1 fully saturated rings. The van der Waals surface area contributed by atoms with Crippen molar-refractivity contribution < 1.29 is 4.74 Å². The van der Waals surface area contributed by atoms with Gasteiger partial charge in [-0.3, -0.25) is 0 Å². The summed E-state index contributed by atoms with van der Waals surface area (Å²) in [4.78, 5) is 4.24. The van der Waals surface area contributed by atoms with E-state index in [9.17, 15) is 0 Å². The summed E-state index contributed by atoms with van der Waals surface area (Å²) in [7, 11) is 0. The highest BCUT2D eigenvalue weighted by Gasteiger charge is 2.29. The summed E-state index contributed by atoms with van der Waals surface area (Å²) in [6.07, 6.45) is 1.17. The molecule has 0 radical (unpaired) electrons. The SMILES string of the molecule is N#Cc1cccc(NC[C@H]2CCO[C@@H]2c2ccccc2)n1. The van der Waals surface area contributed by atoms with Gasteiger partial charge in [-0.05, 0) is 24.1 Å². The number of benzene rings is 1. The standard InChI is InChI=1S/C17H17N3O/c18-11-15-7-4-8-16(20-15)19-12-14-9-10-21-17(14)13-5-2-1-3-6-13/h1-8,14,17H,9-10,12H2,(H,19,20)/t14-,17-/m1/s1. The van der Waals surface area contributed by atoms with Crippen LogP contribution in [0.2, 0.25) is 0 Å². The predicted octanol–water partition coefficient (Wildman–Crippen LogP) is 3.14. The van der Waals surface area contributed by atoms with Crippen molar-refractivity contribution >= 4 is 5.82 Å². The number of hydrogen-bond donors (Lipinski definition) is 1. The van der Waals surface area contributed by atoms with Gasteiger partial charge < -0.3 is 10.1 Å². The van der Waals surface area contributed by atoms with E-state index < -0.39 is 0 Å². The zero-order valence-electron chi connectivity index (χ0n) is 11.7. The topological polar surface area (TPSA) is 57.9 Å². The third-order valence-corrected chi connectivity index (χ3v) is 3.75. The van der Waals surface area contributed by atoms with Gasteiger partial charge in [-0.1, -0.05) is 36.4 Å². The van der Waals surface area contributed by atoms with E-state index in [0.717, 1.165) is 25.4 Å². The monoisotopic (exact) mass is 279 g/mol. The van der Waals surface area contributed by atoms with Crippen molar-refractivity contribution in [2.45, 2.75) is 12.5 Å². The Labute approximate surface area is 124 Å². The molecule has 0 spiro atoms. The second kappa shape index (κ2) is 6.38. The zero-order chi connectivity index (χ0) is 14.5. The van der Waals surface area contributed by atoms with Gasteiger partial charge in [0.1, 0.15) is 17.6 Å². The summed E-state index contributed by atoms with van der Waals surface area (Å²) in [5.41, 5.74) is 1.66. The van der Waals surface area contributed by atoms with E-state index in [0.29, 0.717) is 11.6 Å². The molecule has 0 amide bonds. The Balaban J connectivity index is 1.65. The second-order valence-corrected chi connectivity index (χ2v) is 5.15. The first-order chi connectivity index (χ1) is 10.4. The fourth-order valence-electron chi connectivity index (χ4n) is 2.69. The maximum atomic E-state index is 8.87. The fourth-order valence-corrected chi connectivity index (χ4v) is 2.69. The molecule has 0 saturated carbocycles. The van der Waals surface area contributed by atoms with Crippen molar-refractivity contribution in [2.75, 3.05) is 18.5 Å². The molecule has 106 valence electrons. The lowest BCUT2D eigenvalue weighted by Gasteiger charge is -2.19. The molecule has 3 rings (SSSR count). The van der Waals surface area contributed by atoms with Gasteiger partial charge in [-0.25, -0.2) is 4.98 Å². The zero-order valence-corrected chi connectivity index (χ0v) is 11.7. The van der Waals surface area contributed by atoms with Crippen LogP contribution in [0, 0.1) is 17.2 Å². The highest BCUT2D eigenvalue weighted by Crippen LogP contribution is 2.34. The van der Waals surface area contributed by atoms with Crippen LogP contribution in [0.25, 0.3) is 0 Å². The van der Waals surface area contributed by atoms with Crippen LogP contribution in [0.5, 0.6) is 0 Å². The number of nitrogens with zero attached hydrogens (tertiary/aromatic N) is 2. The number of nitriles is 1. The van der Waals surface area contributed by atoms with Crippen molar-refractivity contribution in [3.05, 3.63) is 59.8 Å². The number of rotatable bonds is 4. The highest BCUT2D eigenvalue weighted by molar-refractivity contribution is 5.38. The van der Waals surface area contributed by atoms with E-state index in [2.05, 4.69) is 28.5 Å². The van der Waals surface area contributed by atoms with E-state index in [4.69, 9.17) is 10.00 Å². The molecule has 1 N–H and O–H groups in total. The molecule has 2 heterocycles. The average Bonchev–Trinajstić information content (AvgIpc) is 3.02. The first kappa shape index (κ1) is 13.6. The molecule has 2 atom stereocenters. The smallest absolute Gasteiger partial charge is 0.142 e. The maximum Gasteiger partial charge on any atom is 0.142 e. The number of aromatic nitrogens is 1. The van der Waals surface area contributed by atoms with Crippen LogP contribution in [0.15, 0.2) is 48.5 Å². The first-order valence-electron chi connectivity index (χ1n) is 7.14. The van der Waals surface area contributed by atoms with E-state index in [1.165, 1.54) is 5.56 Å². The minimum atomic E-state index is 0.137. The molecule has 1 saturated heterocycles. The summed E-state index contributed by atoms with van der Waals surface area (Å²) in [5, 5.41) is 12.2. The quantitative estimate of drug-likeness (QED) is 0.934. The fraction of sp³-hybridized carbons (Fsp3) is 0.294. The molecule has 1 aliphatic heterocycles. The van der Waals surface area contributed by atoms with E-state index in [-0.39, 0.29) is 6.10 Å². The predicted molar refractivity (Wildman–Crippen MR) is 80.7 cm³/mol. The molecule has 0 unspecified atom stereocenters. The largest absolute Gasteiger partial charge is 0.373 e. The molecule has 1 aliphatic rings. The van der Waals surface area contributed by atoms with E-state index >= 15 is 0 Å². The van der Waals surface area contributed by atoms with E-state index in [1.807, 2.05) is 30.3 Å². The Kier molecular flexibility index (Phi) is 4.13. The summed E-state index contributed by atoms with van der Waals surface area (Å²) < 4.78 is 5.87. The number of hydrogen-bond acceptors (Lipinski definition) is 4. The van der Waals surface area contributed by atoms with Crippen LogP contribution < -0.4 is 5.32 Å². The average molecular weight is 279 g/mol. The molecule has 1 aromatic heterocycles. The molecule has 4 nitrogen and oxygen atoms in total. The third kappa shape index (κ3) is 3.21. The Bertz CT molecular complexity index is 636. The Morgan fingerprint density at radius 1 is 1.19 bits per heavy atom. The van der Waals surface area contributed by atoms with Gasteiger partial charge in [0.2, 0.25) is 0 Å². The van der Waals surface area contributed by atoms with Crippen LogP contribution >= 0.6 is 0 Å². The Hall–Kier alpha value is -2.38. The molecule has 2 aromatic rings. The summed E-state index contributed by atoms with van der Waals surface area (Å²) in [5.74, 6) is 1.16. The van der Waals surface area contributed by atoms with Gasteiger partial charge in [0.05, 0.1) is 6.10 Å². The second-order valence-electron chi connectivity index (χ2n) is 5.15. The Morgan fingerprint density at radius 2 is 2.05 bits per heavy atom. The summed E-state index contributed by atoms with van der Waals surface area (Å²) in [6.45, 7) is 1.58. The van der Waals surface area contributed by atoms with Gasteiger partial charge in [-0.15, -0.1) is 0 Å². The molecule has 21 heavy (non-hydrogen) atoms.